The van der Waals surface area contributed by atoms with Crippen LogP contribution in [0, 0.1) is 0 Å². The normalized spacial score (nSPS) is 50.2. The maximum absolute atomic E-state index is 11.3. The zero-order valence-corrected chi connectivity index (χ0v) is 41.3. The fourth-order valence-electron chi connectivity index (χ4n) is 9.53. The van der Waals surface area contributed by atoms with Crippen LogP contribution in [-0.2, 0) is 56.8 Å². The summed E-state index contributed by atoms with van der Waals surface area (Å²) in [7, 11) is 0. The third-order valence-electron chi connectivity index (χ3n) is 14.0. The van der Waals surface area contributed by atoms with Crippen LogP contribution in [0.5, 0.6) is 0 Å². The van der Waals surface area contributed by atoms with Crippen molar-refractivity contribution in [3.63, 3.8) is 0 Å². The first-order chi connectivity index (χ1) is 37.5. The van der Waals surface area contributed by atoms with Gasteiger partial charge in [-0.1, -0.05) is 5.11 Å². The molecule has 31 atom stereocenters. The summed E-state index contributed by atoms with van der Waals surface area (Å²) in [4.78, 5) is 2.52. The van der Waals surface area contributed by atoms with Crippen molar-refractivity contribution in [1.82, 2.24) is 0 Å². The maximum atomic E-state index is 11.3. The van der Waals surface area contributed by atoms with Crippen molar-refractivity contribution < 1.29 is 169 Å². The zero-order valence-electron chi connectivity index (χ0n) is 41.3. The lowest BCUT2D eigenvalue weighted by Crippen LogP contribution is -2.68. The summed E-state index contributed by atoms with van der Waals surface area (Å²) in [5.41, 5.74) is 8.87. The highest BCUT2D eigenvalue weighted by molar-refractivity contribution is 5.08. The molecule has 0 saturated carbocycles. The topological polar surface area (TPSA) is 605 Å². The van der Waals surface area contributed by atoms with Gasteiger partial charge in [0, 0.05) is 24.5 Å². The van der Waals surface area contributed by atoms with Crippen molar-refractivity contribution in [3.05, 3.63) is 22.0 Å². The molecule has 0 aliphatic carbocycles. The Bertz CT molecular complexity index is 1940. The van der Waals surface area contributed by atoms with Crippen molar-refractivity contribution in [2.45, 2.75) is 203 Å². The number of ether oxygens (including phenoxy) is 12. The molecule has 0 aromatic heterocycles. The van der Waals surface area contributed by atoms with Crippen LogP contribution in [0.4, 0.5) is 0 Å². The molecule has 37 nitrogen and oxygen atoms in total. The van der Waals surface area contributed by atoms with Gasteiger partial charge in [0.25, 0.3) is 0 Å². The molecule has 31 unspecified atom stereocenters. The van der Waals surface area contributed by atoms with E-state index in [0.29, 0.717) is 0 Å². The third-order valence-corrected chi connectivity index (χ3v) is 14.0. The van der Waals surface area contributed by atoms with Gasteiger partial charge in [-0.25, -0.2) is 0 Å². The van der Waals surface area contributed by atoms with E-state index in [0.717, 1.165) is 0 Å². The van der Waals surface area contributed by atoms with E-state index in [4.69, 9.17) is 62.4 Å². The molecule has 11 aliphatic rings. The molecule has 0 amide bonds. The lowest BCUT2D eigenvalue weighted by atomic mass is 9.95. The molecular formula is C42H71N3O34. The van der Waals surface area contributed by atoms with Crippen LogP contribution in [0.25, 0.3) is 10.4 Å². The maximum Gasteiger partial charge on any atom is 0.217 e. The summed E-state index contributed by atoms with van der Waals surface area (Å²) in [5, 5.41) is 243. The van der Waals surface area contributed by atoms with Gasteiger partial charge in [-0.3, -0.25) is 0 Å². The van der Waals surface area contributed by atoms with Crippen LogP contribution in [0.3, 0.4) is 0 Å². The Hall–Kier alpha value is -2.63. The molecule has 37 heteroatoms. The number of rotatable bonds is 10. The zero-order chi connectivity index (χ0) is 58.3. The van der Waals surface area contributed by atoms with Gasteiger partial charge in [0.2, 0.25) is 6.29 Å². The Morgan fingerprint density at radius 1 is 0.342 bits per heavy atom. The Morgan fingerprint density at radius 3 is 0.962 bits per heavy atom. The fourth-order valence-corrected chi connectivity index (χ4v) is 9.53. The molecule has 0 spiro atoms. The number of fused-ring (bicyclic) bond motifs is 5. The van der Waals surface area contributed by atoms with Crippen LogP contribution in [-0.4, -0.2) is 349 Å². The minimum Gasteiger partial charge on any atom is -0.506 e. The Kier molecular flexibility index (Phi) is 24.3. The van der Waals surface area contributed by atoms with Crippen LogP contribution >= 0.6 is 0 Å². The quantitative estimate of drug-likeness (QED) is 0.0549. The molecule has 10 bridgehead atoms. The summed E-state index contributed by atoms with van der Waals surface area (Å²) in [6, 6.07) is 0. The first-order valence-corrected chi connectivity index (χ1v) is 24.7. The second kappa shape index (κ2) is 29.3. The molecule has 0 aromatic carbocycles. The van der Waals surface area contributed by atoms with E-state index in [1.807, 2.05) is 0 Å². The SMILES string of the molecule is [N-]=[N+]=NCCC1OC(O)/C(O)=C(\O)C(CCO)OC2OC(CO)C(OC3OC(CO)C(OC4OC(CO)C(OC5OC(CO)C(OC6OC(CO)C(OC(O)C(O)C1O)C(O)C6O)C(O)C5O)C(O)C4O)C(O)C3O)C(O)C2O. The summed E-state index contributed by atoms with van der Waals surface area (Å²) in [6.45, 7) is -6.92. The Morgan fingerprint density at radius 2 is 0.658 bits per heavy atom. The van der Waals surface area contributed by atoms with Gasteiger partial charge in [0.1, 0.15) is 140 Å². The van der Waals surface area contributed by atoms with E-state index >= 15 is 0 Å². The number of aliphatic hydroxyl groups excluding tert-OH is 22. The van der Waals surface area contributed by atoms with Gasteiger partial charge in [0.15, 0.2) is 49.3 Å². The minimum atomic E-state index is -2.75. The Balaban J connectivity index is 1.33. The average Bonchev–Trinajstić information content (AvgIpc) is 3.49. The minimum absolute atomic E-state index is 0.591. The lowest BCUT2D eigenvalue weighted by molar-refractivity contribution is -0.395. The molecule has 5 saturated heterocycles. The average molecular weight is 1160 g/mol. The third kappa shape index (κ3) is 14.5. The van der Waals surface area contributed by atoms with E-state index in [9.17, 15) is 112 Å². The first kappa shape index (κ1) is 65.5. The summed E-state index contributed by atoms with van der Waals surface area (Å²) in [5.74, 6) is -2.93. The molecule has 458 valence electrons. The van der Waals surface area contributed by atoms with E-state index in [2.05, 4.69) is 10.0 Å². The molecule has 0 aromatic rings. The number of nitrogens with zero attached hydrogens (tertiary/aromatic N) is 3. The van der Waals surface area contributed by atoms with Gasteiger partial charge < -0.3 is 169 Å². The smallest absolute Gasteiger partial charge is 0.217 e. The number of azide groups is 1. The van der Waals surface area contributed by atoms with Crippen LogP contribution in [0.15, 0.2) is 16.6 Å². The van der Waals surface area contributed by atoms with Crippen molar-refractivity contribution in [3.8, 4) is 0 Å². The van der Waals surface area contributed by atoms with Gasteiger partial charge in [0.05, 0.1) is 39.1 Å². The highest BCUT2D eigenvalue weighted by Gasteiger charge is 2.57. The van der Waals surface area contributed by atoms with Crippen molar-refractivity contribution in [2.24, 2.45) is 5.11 Å². The van der Waals surface area contributed by atoms with Gasteiger partial charge in [-0.15, -0.1) is 0 Å². The Labute approximate surface area is 445 Å². The van der Waals surface area contributed by atoms with Crippen LogP contribution in [0.1, 0.15) is 12.8 Å². The standard InChI is InChI=1S/C42H71N3O34/c43-45-44-3-1-10-17(52)25(60)37(67)75-31-12(5-47)71-39(27(62)19(31)54)77-33-14(7-49)73-41(29(64)21(33)56)79-35-16(9-51)74-42(30(65)23(35)58)78-34-15(8-50)72-40(28(63)22(34)57)76-32-13(6-48)70-38(26(61)20(32)55)69-11(2-4-46)18(53)24(59)36(66)68-10/h10-17,19-23,25-42,46-67H,1-9H2/b24-18+. The molecule has 79 heavy (non-hydrogen) atoms. The van der Waals surface area contributed by atoms with Gasteiger partial charge >= 0.3 is 0 Å². The summed E-state index contributed by atoms with van der Waals surface area (Å²) >= 11 is 0. The largest absolute Gasteiger partial charge is 0.506 e. The number of hydrogen-bond donors (Lipinski definition) is 22. The number of aliphatic hydroxyl groups is 22. The molecule has 0 radical (unpaired) electrons. The molecular weight excluding hydrogens is 1090 g/mol. The van der Waals surface area contributed by atoms with E-state index in [-0.39, 0.29) is 0 Å². The van der Waals surface area contributed by atoms with Crippen LogP contribution in [0.2, 0.25) is 0 Å². The highest BCUT2D eigenvalue weighted by Crippen LogP contribution is 2.37. The molecule has 22 N–H and O–H groups in total. The van der Waals surface area contributed by atoms with Gasteiger partial charge in [-0.2, -0.15) is 0 Å². The lowest BCUT2D eigenvalue weighted by Gasteiger charge is -2.49. The summed E-state index contributed by atoms with van der Waals surface area (Å²) < 4.78 is 66.8. The van der Waals surface area contributed by atoms with E-state index in [1.165, 1.54) is 0 Å². The monoisotopic (exact) mass is 1160 g/mol. The first-order valence-electron chi connectivity index (χ1n) is 24.7. The number of hydrogen-bond acceptors (Lipinski definition) is 35. The fraction of sp³-hybridized carbons (Fsp3) is 0.952. The highest BCUT2D eigenvalue weighted by atomic mass is 16.8. The van der Waals surface area contributed by atoms with Crippen LogP contribution < -0.4 is 0 Å². The second-order valence-corrected chi connectivity index (χ2v) is 19.1. The molecule has 11 aliphatic heterocycles. The van der Waals surface area contributed by atoms with Crippen molar-refractivity contribution in [2.75, 3.05) is 46.2 Å². The second-order valence-electron chi connectivity index (χ2n) is 19.1. The van der Waals surface area contributed by atoms with Gasteiger partial charge in [-0.05, 0) is 12.0 Å². The predicted molar refractivity (Wildman–Crippen MR) is 240 cm³/mol. The van der Waals surface area contributed by atoms with E-state index in [1.54, 1.807) is 0 Å². The van der Waals surface area contributed by atoms with E-state index < -0.39 is 261 Å². The molecule has 11 heterocycles. The van der Waals surface area contributed by atoms with Crippen molar-refractivity contribution >= 4 is 0 Å². The molecule has 5 fully saturated rings. The molecule has 11 rings (SSSR count). The summed E-state index contributed by atoms with van der Waals surface area (Å²) in [6.07, 6.45) is -67.4. The predicted octanol–water partition coefficient (Wildman–Crippen LogP) is -12.3. The van der Waals surface area contributed by atoms with Crippen molar-refractivity contribution in [1.29, 1.82) is 0 Å².